The first kappa shape index (κ1) is 19.3. The highest BCUT2D eigenvalue weighted by Crippen LogP contribution is 2.70. The third-order valence-corrected chi connectivity index (χ3v) is 12.7. The molecule has 4 saturated carbocycles. The second-order valence-electron chi connectivity index (χ2n) is 11.2. The van der Waals surface area contributed by atoms with Crippen LogP contribution in [0.2, 0.25) is 0 Å². The van der Waals surface area contributed by atoms with Crippen molar-refractivity contribution in [2.75, 3.05) is 11.5 Å². The summed E-state index contributed by atoms with van der Waals surface area (Å²) in [6.07, 6.45) is 11.6. The van der Waals surface area contributed by atoms with Gasteiger partial charge in [0.15, 0.2) is 5.79 Å². The second-order valence-corrected chi connectivity index (χ2v) is 13.8. The van der Waals surface area contributed by atoms with Crippen molar-refractivity contribution >= 4 is 21.6 Å². The SMILES string of the molecule is C[C@]12CC[C@@H](O)CC1CCC1C2CC[C@@]2(C)C1CCC21OC2CSSCC2O1. The molecule has 4 aliphatic carbocycles. The Balaban J connectivity index is 1.28. The van der Waals surface area contributed by atoms with Crippen LogP contribution in [0.3, 0.4) is 0 Å². The van der Waals surface area contributed by atoms with Gasteiger partial charge in [-0.15, -0.1) is 0 Å². The minimum Gasteiger partial charge on any atom is -0.393 e. The first-order valence-electron chi connectivity index (χ1n) is 11.7. The minimum atomic E-state index is -0.302. The molecule has 6 rings (SSSR count). The minimum absolute atomic E-state index is 0.0439. The van der Waals surface area contributed by atoms with Crippen LogP contribution >= 0.6 is 21.6 Å². The van der Waals surface area contributed by atoms with Crippen molar-refractivity contribution in [2.24, 2.45) is 34.5 Å². The van der Waals surface area contributed by atoms with Gasteiger partial charge in [-0.1, -0.05) is 35.4 Å². The Labute approximate surface area is 177 Å². The molecule has 1 N–H and O–H groups in total. The molecule has 0 amide bonds. The molecule has 3 nitrogen and oxygen atoms in total. The number of aliphatic hydroxyl groups is 1. The molecule has 158 valence electrons. The molecule has 0 bridgehead atoms. The Morgan fingerprint density at radius 2 is 1.54 bits per heavy atom. The van der Waals surface area contributed by atoms with Gasteiger partial charge in [0.25, 0.3) is 0 Å². The lowest BCUT2D eigenvalue weighted by atomic mass is 9.45. The molecule has 28 heavy (non-hydrogen) atoms. The van der Waals surface area contributed by atoms with Crippen LogP contribution in [0.1, 0.15) is 71.6 Å². The first-order valence-corrected chi connectivity index (χ1v) is 14.2. The molecule has 6 unspecified atom stereocenters. The third-order valence-electron chi connectivity index (χ3n) is 10.3. The molecule has 6 aliphatic rings. The van der Waals surface area contributed by atoms with Crippen molar-refractivity contribution < 1.29 is 14.6 Å². The Bertz CT molecular complexity index is 629. The van der Waals surface area contributed by atoms with Crippen molar-refractivity contribution in [1.29, 1.82) is 0 Å². The van der Waals surface area contributed by atoms with E-state index in [1.165, 1.54) is 38.5 Å². The highest BCUT2D eigenvalue weighted by Gasteiger charge is 2.69. The summed E-state index contributed by atoms with van der Waals surface area (Å²) in [6.45, 7) is 5.11. The molecule has 2 aliphatic heterocycles. The van der Waals surface area contributed by atoms with E-state index in [1.54, 1.807) is 0 Å². The molecular weight excluding hydrogens is 388 g/mol. The molecule has 2 heterocycles. The van der Waals surface area contributed by atoms with Gasteiger partial charge in [-0.05, 0) is 80.5 Å². The number of fused-ring (bicyclic) bond motifs is 7. The maximum atomic E-state index is 10.3. The van der Waals surface area contributed by atoms with Crippen molar-refractivity contribution in [1.82, 2.24) is 0 Å². The Kier molecular flexibility index (Phi) is 4.50. The number of hydrogen-bond donors (Lipinski definition) is 1. The number of rotatable bonds is 0. The molecule has 2 saturated heterocycles. The van der Waals surface area contributed by atoms with Gasteiger partial charge in [0, 0.05) is 23.3 Å². The molecule has 5 heteroatoms. The smallest absolute Gasteiger partial charge is 0.174 e. The molecular formula is C23H36O3S2. The summed E-state index contributed by atoms with van der Waals surface area (Å²) in [5.74, 6) is 5.07. The lowest BCUT2D eigenvalue weighted by Gasteiger charge is -2.61. The predicted molar refractivity (Wildman–Crippen MR) is 115 cm³/mol. The van der Waals surface area contributed by atoms with Gasteiger partial charge in [-0.2, -0.15) is 0 Å². The van der Waals surface area contributed by atoms with Crippen molar-refractivity contribution in [3.8, 4) is 0 Å². The largest absolute Gasteiger partial charge is 0.393 e. The van der Waals surface area contributed by atoms with E-state index in [4.69, 9.17) is 9.47 Å². The van der Waals surface area contributed by atoms with Crippen molar-refractivity contribution in [3.63, 3.8) is 0 Å². The van der Waals surface area contributed by atoms with E-state index in [-0.39, 0.29) is 17.3 Å². The first-order chi connectivity index (χ1) is 13.5. The number of aliphatic hydroxyl groups excluding tert-OH is 1. The van der Waals surface area contributed by atoms with E-state index < -0.39 is 0 Å². The molecule has 0 aromatic heterocycles. The van der Waals surface area contributed by atoms with Gasteiger partial charge < -0.3 is 14.6 Å². The maximum absolute atomic E-state index is 10.3. The highest BCUT2D eigenvalue weighted by atomic mass is 33.1. The molecule has 0 radical (unpaired) electrons. The molecule has 9 atom stereocenters. The van der Waals surface area contributed by atoms with Crippen molar-refractivity contribution in [3.05, 3.63) is 0 Å². The Morgan fingerprint density at radius 1 is 0.821 bits per heavy atom. The van der Waals surface area contributed by atoms with Gasteiger partial charge >= 0.3 is 0 Å². The van der Waals surface area contributed by atoms with E-state index in [1.807, 2.05) is 21.6 Å². The van der Waals surface area contributed by atoms with Crippen LogP contribution in [0.5, 0.6) is 0 Å². The van der Waals surface area contributed by atoms with Crippen LogP contribution in [0.4, 0.5) is 0 Å². The van der Waals surface area contributed by atoms with Crippen LogP contribution in [0.25, 0.3) is 0 Å². The summed E-state index contributed by atoms with van der Waals surface area (Å²) >= 11 is 0. The lowest BCUT2D eigenvalue weighted by Crippen LogP contribution is -2.57. The monoisotopic (exact) mass is 424 g/mol. The molecule has 1 spiro atoms. The Hall–Kier alpha value is 0.580. The predicted octanol–water partition coefficient (Wildman–Crippen LogP) is 5.27. The van der Waals surface area contributed by atoms with Crippen LogP contribution in [0.15, 0.2) is 0 Å². The van der Waals surface area contributed by atoms with Gasteiger partial charge in [0.1, 0.15) is 0 Å². The summed E-state index contributed by atoms with van der Waals surface area (Å²) in [7, 11) is 3.93. The van der Waals surface area contributed by atoms with Crippen LogP contribution in [-0.2, 0) is 9.47 Å². The number of ether oxygens (including phenoxy) is 2. The van der Waals surface area contributed by atoms with E-state index >= 15 is 0 Å². The summed E-state index contributed by atoms with van der Waals surface area (Å²) in [5.41, 5.74) is 0.649. The van der Waals surface area contributed by atoms with Gasteiger partial charge in [0.2, 0.25) is 0 Å². The fourth-order valence-electron chi connectivity index (χ4n) is 8.76. The highest BCUT2D eigenvalue weighted by molar-refractivity contribution is 8.76. The summed E-state index contributed by atoms with van der Waals surface area (Å²) in [5, 5.41) is 10.3. The molecule has 6 fully saturated rings. The van der Waals surface area contributed by atoms with Gasteiger partial charge in [0.05, 0.1) is 18.3 Å². The average Bonchev–Trinajstić information content (AvgIpc) is 3.20. The average molecular weight is 425 g/mol. The maximum Gasteiger partial charge on any atom is 0.174 e. The standard InChI is InChI=1S/C23H36O3S2/c1-21-8-5-15(24)11-14(21)3-4-16-17(21)6-9-22(2)18(16)7-10-23(22)25-19-12-27-28-13-20(19)26-23/h14-20,24H,3-13H2,1-2H3/t14?,15-,16?,17?,18?,19?,20?,21+,22+,23?/m1/s1. The molecule has 0 aromatic rings. The zero-order chi connectivity index (χ0) is 19.1. The van der Waals surface area contributed by atoms with Crippen LogP contribution < -0.4 is 0 Å². The van der Waals surface area contributed by atoms with Crippen LogP contribution in [-0.4, -0.2) is 40.7 Å². The summed E-state index contributed by atoms with van der Waals surface area (Å²) in [6, 6.07) is 0. The zero-order valence-corrected chi connectivity index (χ0v) is 19.0. The summed E-state index contributed by atoms with van der Waals surface area (Å²) < 4.78 is 13.6. The fraction of sp³-hybridized carbons (Fsp3) is 1.00. The van der Waals surface area contributed by atoms with E-state index in [9.17, 15) is 5.11 Å². The zero-order valence-electron chi connectivity index (χ0n) is 17.4. The normalized spacial score (nSPS) is 60.8. The summed E-state index contributed by atoms with van der Waals surface area (Å²) in [4.78, 5) is 0. The number of hydrogen-bond acceptors (Lipinski definition) is 5. The lowest BCUT2D eigenvalue weighted by molar-refractivity contribution is -0.257. The quantitative estimate of drug-likeness (QED) is 0.537. The van der Waals surface area contributed by atoms with Crippen molar-refractivity contribution in [2.45, 2.75) is 95.7 Å². The van der Waals surface area contributed by atoms with Gasteiger partial charge in [-0.25, -0.2) is 0 Å². The topological polar surface area (TPSA) is 38.7 Å². The van der Waals surface area contributed by atoms with E-state index in [2.05, 4.69) is 13.8 Å². The third kappa shape index (κ3) is 2.49. The molecule has 0 aromatic carbocycles. The second kappa shape index (κ2) is 6.54. The van der Waals surface area contributed by atoms with E-state index in [0.717, 1.165) is 54.4 Å². The Morgan fingerprint density at radius 3 is 2.29 bits per heavy atom. The van der Waals surface area contributed by atoms with Crippen LogP contribution in [0, 0.1) is 34.5 Å². The van der Waals surface area contributed by atoms with Gasteiger partial charge in [-0.3, -0.25) is 0 Å². The van der Waals surface area contributed by atoms with E-state index in [0.29, 0.717) is 17.6 Å². The fourth-order valence-corrected chi connectivity index (χ4v) is 11.2.